The number of nitrogens with one attached hydrogen (secondary N) is 1. The number of nitrogens with two attached hydrogens (primary N) is 1. The highest BCUT2D eigenvalue weighted by molar-refractivity contribution is 5.25. The first-order valence-corrected chi connectivity index (χ1v) is 5.60. The van der Waals surface area contributed by atoms with Crippen molar-refractivity contribution >= 4 is 0 Å². The lowest BCUT2D eigenvalue weighted by atomic mass is 10.0. The second-order valence-electron chi connectivity index (χ2n) is 4.14. The summed E-state index contributed by atoms with van der Waals surface area (Å²) in [6.07, 6.45) is 1.73. The molecule has 0 aromatic carbocycles. The van der Waals surface area contributed by atoms with E-state index in [1.165, 1.54) is 0 Å². The minimum absolute atomic E-state index is 0.324. The van der Waals surface area contributed by atoms with Crippen LogP contribution in [0.2, 0.25) is 0 Å². The van der Waals surface area contributed by atoms with Crippen molar-refractivity contribution in [2.45, 2.75) is 26.4 Å². The number of nitrogens with zero attached hydrogens (tertiary/aromatic N) is 1. The fraction of sp³-hybridized carbons (Fsp3) is 0.583. The minimum Gasteiger partial charge on any atom is -0.481 e. The Hall–Kier alpha value is -1.13. The van der Waals surface area contributed by atoms with Crippen LogP contribution >= 0.6 is 0 Å². The van der Waals surface area contributed by atoms with Gasteiger partial charge in [0.15, 0.2) is 0 Å². The monoisotopic (exact) mass is 223 g/mol. The molecule has 1 unspecified atom stereocenters. The van der Waals surface area contributed by atoms with E-state index in [9.17, 15) is 0 Å². The Labute approximate surface area is 97.2 Å². The molecule has 1 aromatic heterocycles. The van der Waals surface area contributed by atoms with Crippen molar-refractivity contribution in [3.63, 3.8) is 0 Å². The molecule has 0 saturated heterocycles. The van der Waals surface area contributed by atoms with E-state index in [1.807, 2.05) is 12.1 Å². The Balaban J connectivity index is 2.59. The summed E-state index contributed by atoms with van der Waals surface area (Å²) in [6, 6.07) is 4.24. The van der Waals surface area contributed by atoms with E-state index in [4.69, 9.17) is 10.5 Å². The van der Waals surface area contributed by atoms with Crippen LogP contribution in [-0.4, -0.2) is 24.7 Å². The van der Waals surface area contributed by atoms with Gasteiger partial charge in [-0.05, 0) is 12.0 Å². The summed E-state index contributed by atoms with van der Waals surface area (Å²) in [5.74, 6) is 1.20. The SMILES string of the molecule is COc1ncccc1CNC(CN)C(C)C. The van der Waals surface area contributed by atoms with E-state index in [0.29, 0.717) is 24.4 Å². The normalized spacial score (nSPS) is 12.8. The van der Waals surface area contributed by atoms with Crippen LogP contribution < -0.4 is 15.8 Å². The van der Waals surface area contributed by atoms with Gasteiger partial charge in [0.05, 0.1) is 7.11 Å². The molecule has 0 fully saturated rings. The Morgan fingerprint density at radius 1 is 1.50 bits per heavy atom. The molecule has 1 aromatic rings. The lowest BCUT2D eigenvalue weighted by Gasteiger charge is -2.20. The van der Waals surface area contributed by atoms with Crippen molar-refractivity contribution in [3.05, 3.63) is 23.9 Å². The van der Waals surface area contributed by atoms with Crippen LogP contribution in [0.5, 0.6) is 5.88 Å². The molecule has 3 N–H and O–H groups in total. The van der Waals surface area contributed by atoms with Gasteiger partial charge < -0.3 is 15.8 Å². The molecule has 90 valence electrons. The average molecular weight is 223 g/mol. The molecule has 0 aliphatic heterocycles. The maximum Gasteiger partial charge on any atom is 0.217 e. The smallest absolute Gasteiger partial charge is 0.217 e. The van der Waals surface area contributed by atoms with Crippen LogP contribution in [0.4, 0.5) is 0 Å². The zero-order valence-electron chi connectivity index (χ0n) is 10.2. The molecule has 0 saturated carbocycles. The van der Waals surface area contributed by atoms with Gasteiger partial charge in [-0.15, -0.1) is 0 Å². The van der Waals surface area contributed by atoms with Gasteiger partial charge in [0.25, 0.3) is 0 Å². The van der Waals surface area contributed by atoms with Gasteiger partial charge in [0.1, 0.15) is 0 Å². The third kappa shape index (κ3) is 3.47. The Kier molecular flexibility index (Phi) is 5.22. The molecule has 16 heavy (non-hydrogen) atoms. The molecule has 0 aliphatic rings. The molecule has 0 bridgehead atoms. The van der Waals surface area contributed by atoms with E-state index in [2.05, 4.69) is 24.1 Å². The lowest BCUT2D eigenvalue weighted by Crippen LogP contribution is -2.39. The first-order chi connectivity index (χ1) is 7.69. The van der Waals surface area contributed by atoms with Crippen molar-refractivity contribution in [3.8, 4) is 5.88 Å². The third-order valence-corrected chi connectivity index (χ3v) is 2.66. The number of hydrogen-bond acceptors (Lipinski definition) is 4. The second kappa shape index (κ2) is 6.45. The standard InChI is InChI=1S/C12H21N3O/c1-9(2)11(7-13)15-8-10-5-4-6-14-12(10)16-3/h4-6,9,11,15H,7-8,13H2,1-3H3. The van der Waals surface area contributed by atoms with E-state index in [-0.39, 0.29) is 0 Å². The lowest BCUT2D eigenvalue weighted by molar-refractivity contribution is 0.376. The molecular weight excluding hydrogens is 202 g/mol. The molecule has 0 spiro atoms. The van der Waals surface area contributed by atoms with Crippen LogP contribution in [-0.2, 0) is 6.54 Å². The first kappa shape index (κ1) is 12.9. The summed E-state index contributed by atoms with van der Waals surface area (Å²) >= 11 is 0. The molecule has 0 amide bonds. The van der Waals surface area contributed by atoms with Crippen LogP contribution in [0.1, 0.15) is 19.4 Å². The number of rotatable bonds is 6. The summed E-state index contributed by atoms with van der Waals surface area (Å²) in [5, 5.41) is 3.41. The molecule has 1 rings (SSSR count). The van der Waals surface area contributed by atoms with Gasteiger partial charge >= 0.3 is 0 Å². The van der Waals surface area contributed by atoms with Crippen molar-refractivity contribution in [1.82, 2.24) is 10.3 Å². The Bertz CT molecular complexity index is 315. The van der Waals surface area contributed by atoms with E-state index in [1.54, 1.807) is 13.3 Å². The van der Waals surface area contributed by atoms with Gasteiger partial charge in [-0.1, -0.05) is 19.9 Å². The van der Waals surface area contributed by atoms with Crippen molar-refractivity contribution in [2.24, 2.45) is 11.7 Å². The number of pyridine rings is 1. The number of methoxy groups -OCH3 is 1. The summed E-state index contributed by atoms with van der Waals surface area (Å²) in [6.45, 7) is 5.69. The molecule has 4 nitrogen and oxygen atoms in total. The van der Waals surface area contributed by atoms with Crippen LogP contribution in [0.25, 0.3) is 0 Å². The largest absolute Gasteiger partial charge is 0.481 e. The predicted molar refractivity (Wildman–Crippen MR) is 65.3 cm³/mol. The zero-order chi connectivity index (χ0) is 12.0. The summed E-state index contributed by atoms with van der Waals surface area (Å²) < 4.78 is 5.19. The van der Waals surface area contributed by atoms with Crippen molar-refractivity contribution < 1.29 is 4.74 Å². The van der Waals surface area contributed by atoms with Gasteiger partial charge in [-0.3, -0.25) is 0 Å². The van der Waals surface area contributed by atoms with Crippen LogP contribution in [0.3, 0.4) is 0 Å². The zero-order valence-corrected chi connectivity index (χ0v) is 10.2. The topological polar surface area (TPSA) is 60.2 Å². The molecule has 1 heterocycles. The number of aromatic nitrogens is 1. The van der Waals surface area contributed by atoms with Gasteiger partial charge in [-0.2, -0.15) is 0 Å². The molecule has 4 heteroatoms. The van der Waals surface area contributed by atoms with Gasteiger partial charge in [0.2, 0.25) is 5.88 Å². The number of ether oxygens (including phenoxy) is 1. The maximum absolute atomic E-state index is 5.70. The van der Waals surface area contributed by atoms with Crippen LogP contribution in [0, 0.1) is 5.92 Å². The quantitative estimate of drug-likeness (QED) is 0.760. The first-order valence-electron chi connectivity index (χ1n) is 5.60. The molecule has 1 atom stereocenters. The maximum atomic E-state index is 5.70. The average Bonchev–Trinajstić information content (AvgIpc) is 2.30. The summed E-state index contributed by atoms with van der Waals surface area (Å²) in [5.41, 5.74) is 6.76. The predicted octanol–water partition coefficient (Wildman–Crippen LogP) is 1.16. The molecule has 0 radical (unpaired) electrons. The van der Waals surface area contributed by atoms with E-state index in [0.717, 1.165) is 12.1 Å². The summed E-state index contributed by atoms with van der Waals surface area (Å²) in [4.78, 5) is 4.15. The molecule has 0 aliphatic carbocycles. The van der Waals surface area contributed by atoms with Gasteiger partial charge in [0, 0.05) is 30.9 Å². The highest BCUT2D eigenvalue weighted by Crippen LogP contribution is 2.13. The second-order valence-corrected chi connectivity index (χ2v) is 4.14. The summed E-state index contributed by atoms with van der Waals surface area (Å²) in [7, 11) is 1.63. The fourth-order valence-corrected chi connectivity index (χ4v) is 1.57. The number of hydrogen-bond donors (Lipinski definition) is 2. The van der Waals surface area contributed by atoms with E-state index >= 15 is 0 Å². The van der Waals surface area contributed by atoms with Crippen molar-refractivity contribution in [2.75, 3.05) is 13.7 Å². The van der Waals surface area contributed by atoms with E-state index < -0.39 is 0 Å². The highest BCUT2D eigenvalue weighted by atomic mass is 16.5. The molecular formula is C12H21N3O. The third-order valence-electron chi connectivity index (χ3n) is 2.66. The van der Waals surface area contributed by atoms with Crippen LogP contribution in [0.15, 0.2) is 18.3 Å². The Morgan fingerprint density at radius 2 is 2.25 bits per heavy atom. The highest BCUT2D eigenvalue weighted by Gasteiger charge is 2.11. The Morgan fingerprint density at radius 3 is 2.81 bits per heavy atom. The minimum atomic E-state index is 0.324. The fourth-order valence-electron chi connectivity index (χ4n) is 1.57. The van der Waals surface area contributed by atoms with Gasteiger partial charge in [-0.25, -0.2) is 4.98 Å². The van der Waals surface area contributed by atoms with Crippen molar-refractivity contribution in [1.29, 1.82) is 0 Å².